The van der Waals surface area contributed by atoms with Crippen molar-refractivity contribution in [1.82, 2.24) is 0 Å². The summed E-state index contributed by atoms with van der Waals surface area (Å²) < 4.78 is 131. The number of hydrogen-bond donors (Lipinski definition) is 0. The molecule has 0 amide bonds. The van der Waals surface area contributed by atoms with Crippen LogP contribution >= 0.6 is 11.6 Å². The Morgan fingerprint density at radius 2 is 1.38 bits per heavy atom. The minimum Gasteiger partial charge on any atom is -0.456 e. The monoisotopic (exact) mass is 369 g/mol. The molecule has 5 aromatic rings. The van der Waals surface area contributed by atoms with E-state index in [4.69, 9.17) is 36.6 Å². The van der Waals surface area contributed by atoms with E-state index in [1.165, 1.54) is 0 Å². The van der Waals surface area contributed by atoms with Gasteiger partial charge in [0.1, 0.15) is 11.2 Å². The zero-order valence-corrected chi connectivity index (χ0v) is 13.5. The van der Waals surface area contributed by atoms with Crippen LogP contribution in [0.3, 0.4) is 0 Å². The molecule has 0 radical (unpaired) electrons. The van der Waals surface area contributed by atoms with Crippen LogP contribution in [-0.2, 0) is 0 Å². The highest BCUT2D eigenvalue weighted by atomic mass is 35.5. The van der Waals surface area contributed by atoms with Gasteiger partial charge in [-0.1, -0.05) is 78.1 Å². The molecule has 0 unspecified atom stereocenters. The maximum atomic E-state index is 8.77. The zero-order chi connectivity index (χ0) is 30.6. The van der Waals surface area contributed by atoms with E-state index in [0.717, 1.165) is 0 Å². The van der Waals surface area contributed by atoms with Crippen molar-refractivity contribution < 1.29 is 25.0 Å². The van der Waals surface area contributed by atoms with Gasteiger partial charge >= 0.3 is 0 Å². The molecular weight excluding hydrogens is 340 g/mol. The predicted octanol–water partition coefficient (Wildman–Crippen LogP) is 7.57. The number of hydrogen-bond acceptors (Lipinski definition) is 1. The van der Waals surface area contributed by atoms with Gasteiger partial charge in [-0.05, 0) is 46.4 Å². The molecule has 1 nitrogen and oxygen atoms in total. The number of rotatable bonds is 2. The number of furan rings is 1. The molecule has 26 heavy (non-hydrogen) atoms. The average molecular weight is 370 g/mol. The van der Waals surface area contributed by atoms with Crippen LogP contribution in [0.15, 0.2) is 95.1 Å². The molecule has 0 fully saturated rings. The van der Waals surface area contributed by atoms with Gasteiger partial charge in [0.15, 0.2) is 0 Å². The molecule has 4 aromatic carbocycles. The lowest BCUT2D eigenvalue weighted by atomic mass is 9.97. The Bertz CT molecular complexity index is 1960. The fraction of sp³-hybridized carbons (Fsp3) is 0. The molecule has 0 atom stereocenters. The smallest absolute Gasteiger partial charge is 0.136 e. The van der Waals surface area contributed by atoms with Crippen LogP contribution in [0.1, 0.15) is 20.6 Å². The summed E-state index contributed by atoms with van der Waals surface area (Å²) in [6, 6.07) is -10.5. The summed E-state index contributed by atoms with van der Waals surface area (Å²) in [5, 5.41) is -0.919. The van der Waals surface area contributed by atoms with Gasteiger partial charge < -0.3 is 4.42 Å². The molecule has 0 aliphatic heterocycles. The Balaban J connectivity index is 2.01. The van der Waals surface area contributed by atoms with Crippen LogP contribution in [0.4, 0.5) is 0 Å². The van der Waals surface area contributed by atoms with E-state index >= 15 is 0 Å². The van der Waals surface area contributed by atoms with Crippen molar-refractivity contribution in [2.45, 2.75) is 0 Å². The molecular formula is C24H15ClO. The van der Waals surface area contributed by atoms with Gasteiger partial charge in [0.2, 0.25) is 0 Å². The maximum Gasteiger partial charge on any atom is 0.136 e. The third kappa shape index (κ3) is 2.49. The highest BCUT2D eigenvalue weighted by Gasteiger charge is 2.12. The molecule has 0 saturated carbocycles. The molecule has 1 heterocycles. The summed E-state index contributed by atoms with van der Waals surface area (Å²) in [4.78, 5) is 0. The first-order valence-corrected chi connectivity index (χ1v) is 7.73. The van der Waals surface area contributed by atoms with Crippen LogP contribution < -0.4 is 0 Å². The minimum absolute atomic E-state index is 0.227. The van der Waals surface area contributed by atoms with Crippen LogP contribution in [0.5, 0.6) is 0 Å². The van der Waals surface area contributed by atoms with Crippen LogP contribution in [0, 0.1) is 0 Å². The summed E-state index contributed by atoms with van der Waals surface area (Å²) >= 11 is 6.12. The molecule has 2 heteroatoms. The van der Waals surface area contributed by atoms with Crippen LogP contribution in [0.25, 0.3) is 44.2 Å². The van der Waals surface area contributed by atoms with Crippen molar-refractivity contribution >= 4 is 33.5 Å². The molecule has 124 valence electrons. The fourth-order valence-corrected chi connectivity index (χ4v) is 2.70. The second kappa shape index (κ2) is 6.05. The fourth-order valence-electron chi connectivity index (χ4n) is 2.56. The van der Waals surface area contributed by atoms with E-state index in [1.807, 2.05) is 0 Å². The van der Waals surface area contributed by atoms with Crippen molar-refractivity contribution in [3.8, 4) is 22.3 Å². The molecule has 0 bridgehead atoms. The molecule has 0 N–H and O–H groups in total. The predicted molar refractivity (Wildman–Crippen MR) is 110 cm³/mol. The second-order valence-corrected chi connectivity index (χ2v) is 5.58. The van der Waals surface area contributed by atoms with E-state index in [-0.39, 0.29) is 16.4 Å². The van der Waals surface area contributed by atoms with E-state index in [9.17, 15) is 0 Å². The lowest BCUT2D eigenvalue weighted by Gasteiger charge is -2.06. The number of fused-ring (bicyclic) bond motifs is 3. The van der Waals surface area contributed by atoms with Gasteiger partial charge in [-0.25, -0.2) is 0 Å². The normalized spacial score (nSPS) is 19.3. The van der Waals surface area contributed by atoms with E-state index in [1.54, 1.807) is 0 Å². The van der Waals surface area contributed by atoms with Gasteiger partial charge in [-0.2, -0.15) is 0 Å². The first kappa shape index (κ1) is 6.29. The van der Waals surface area contributed by atoms with Crippen LogP contribution in [-0.4, -0.2) is 0 Å². The standard InChI is InChI=1S/C24H15ClO/c25-19-13-14-22-21(15-19)24-20(7-4-8-23(24)26-22)18-11-9-17(10-12-18)16-5-2-1-3-6-16/h1-15H/i1D,2D,3D,4D,5D,6D,7D,8D,9D,10D,11D,12D,13D,14D,15D. The van der Waals surface area contributed by atoms with Crippen molar-refractivity contribution in [3.63, 3.8) is 0 Å². The topological polar surface area (TPSA) is 13.1 Å². The van der Waals surface area contributed by atoms with Gasteiger partial charge in [0, 0.05) is 15.8 Å². The molecule has 0 spiro atoms. The van der Waals surface area contributed by atoms with Crippen molar-refractivity contribution in [2.75, 3.05) is 0 Å². The first-order valence-electron chi connectivity index (χ1n) is 14.8. The third-order valence-electron chi connectivity index (χ3n) is 3.67. The number of benzene rings is 4. The molecule has 0 aliphatic rings. The zero-order valence-electron chi connectivity index (χ0n) is 27.8. The summed E-state index contributed by atoms with van der Waals surface area (Å²) in [7, 11) is 0. The van der Waals surface area contributed by atoms with E-state index in [0.29, 0.717) is 0 Å². The lowest BCUT2D eigenvalue weighted by Crippen LogP contribution is -1.81. The largest absolute Gasteiger partial charge is 0.456 e. The first-order chi connectivity index (χ1) is 19.1. The lowest BCUT2D eigenvalue weighted by molar-refractivity contribution is 0.669. The molecule has 5 rings (SSSR count). The Hall–Kier alpha value is -3.03. The van der Waals surface area contributed by atoms with Gasteiger partial charge in [0.05, 0.1) is 20.6 Å². The average Bonchev–Trinajstić information content (AvgIpc) is 3.34. The molecule has 1 aromatic heterocycles. The third-order valence-corrected chi connectivity index (χ3v) is 3.86. The van der Waals surface area contributed by atoms with Gasteiger partial charge in [-0.3, -0.25) is 0 Å². The van der Waals surface area contributed by atoms with E-state index in [2.05, 4.69) is 0 Å². The summed E-state index contributed by atoms with van der Waals surface area (Å²) in [5.74, 6) is 0. The van der Waals surface area contributed by atoms with Crippen molar-refractivity contribution in [3.05, 3.63) is 95.7 Å². The Kier molecular flexibility index (Phi) is 1.46. The molecule has 0 saturated heterocycles. The van der Waals surface area contributed by atoms with Crippen molar-refractivity contribution in [1.29, 1.82) is 0 Å². The number of halogens is 1. The summed E-state index contributed by atoms with van der Waals surface area (Å²) in [6.07, 6.45) is 0. The summed E-state index contributed by atoms with van der Waals surface area (Å²) in [6.45, 7) is 0. The van der Waals surface area contributed by atoms with Crippen molar-refractivity contribution in [2.24, 2.45) is 0 Å². The Morgan fingerprint density at radius 3 is 2.19 bits per heavy atom. The van der Waals surface area contributed by atoms with Gasteiger partial charge in [-0.15, -0.1) is 0 Å². The van der Waals surface area contributed by atoms with Crippen LogP contribution in [0.2, 0.25) is 5.02 Å². The Morgan fingerprint density at radius 1 is 0.654 bits per heavy atom. The maximum absolute atomic E-state index is 8.77. The molecule has 0 aliphatic carbocycles. The summed E-state index contributed by atoms with van der Waals surface area (Å²) in [5.41, 5.74) is -2.86. The Labute approximate surface area is 177 Å². The highest BCUT2D eigenvalue weighted by molar-refractivity contribution is 6.32. The quantitative estimate of drug-likeness (QED) is 0.312. The highest BCUT2D eigenvalue weighted by Crippen LogP contribution is 2.38. The minimum atomic E-state index is -0.805. The second-order valence-electron chi connectivity index (χ2n) is 5.20. The van der Waals surface area contributed by atoms with Gasteiger partial charge in [0.25, 0.3) is 0 Å². The SMILES string of the molecule is [2H]c1c([2H])c([2H])c(-c2c([2H])c([2H])c(-c3c([2H])c([2H])c([2H])c4oc5c([2H])c([2H])c(Cl)c([2H])c5c34)c([2H])c2[2H])c([2H])c1[2H]. The van der Waals surface area contributed by atoms with E-state index < -0.39 is 123 Å².